The molecule has 0 saturated heterocycles. The van der Waals surface area contributed by atoms with Gasteiger partial charge in [0.05, 0.1) is 5.39 Å². The molecule has 7 nitrogen and oxygen atoms in total. The van der Waals surface area contributed by atoms with E-state index in [0.717, 1.165) is 12.3 Å². The molecule has 0 aliphatic heterocycles. The minimum atomic E-state index is -3.96. The monoisotopic (exact) mass is 261 g/mol. The molecule has 0 aliphatic carbocycles. The van der Waals surface area contributed by atoms with E-state index in [2.05, 4.69) is 9.97 Å². The van der Waals surface area contributed by atoms with Gasteiger partial charge in [-0.05, 0) is 6.07 Å². The van der Waals surface area contributed by atoms with E-state index in [9.17, 15) is 18.0 Å². The van der Waals surface area contributed by atoms with Gasteiger partial charge < -0.3 is 0 Å². The van der Waals surface area contributed by atoms with E-state index in [1.54, 1.807) is 0 Å². The Balaban J connectivity index is 2.93. The molecule has 0 radical (unpaired) electrons. The first kappa shape index (κ1) is 10.8. The fourth-order valence-electron chi connectivity index (χ4n) is 1.16. The lowest BCUT2D eigenvalue weighted by Crippen LogP contribution is -2.22. The topological polar surface area (TPSA) is 113 Å². The number of fused-ring (bicyclic) bond motifs is 1. The number of H-pyrrole nitrogens is 2. The van der Waals surface area contributed by atoms with Gasteiger partial charge in [-0.1, -0.05) is 0 Å². The van der Waals surface area contributed by atoms with Gasteiger partial charge in [-0.15, -0.1) is 0 Å². The smallest absolute Gasteiger partial charge is 0.291 e. The van der Waals surface area contributed by atoms with E-state index in [1.165, 1.54) is 0 Å². The number of aromatic amines is 2. The van der Waals surface area contributed by atoms with E-state index in [1.807, 2.05) is 4.98 Å². The summed E-state index contributed by atoms with van der Waals surface area (Å²) < 4.78 is 22.0. The zero-order valence-corrected chi connectivity index (χ0v) is 9.09. The van der Waals surface area contributed by atoms with Gasteiger partial charge in [0.15, 0.2) is 0 Å². The van der Waals surface area contributed by atoms with E-state index in [0.29, 0.717) is 0 Å². The summed E-state index contributed by atoms with van der Waals surface area (Å²) in [6.45, 7) is 0. The molecule has 0 aromatic carbocycles. The standard InChI is InChI=1S/C7H4ClN3O4S/c8-16(14,15)3-1-4-5(9-2-3)10-7(13)11-6(4)12/h1-2H,(H2,9,10,11,12,13). The van der Waals surface area contributed by atoms with Gasteiger partial charge in [0.1, 0.15) is 10.5 Å². The first-order valence-electron chi connectivity index (χ1n) is 3.95. The van der Waals surface area contributed by atoms with Crippen molar-refractivity contribution in [2.75, 3.05) is 0 Å². The molecule has 0 fully saturated rings. The fourth-order valence-corrected chi connectivity index (χ4v) is 1.85. The second-order valence-electron chi connectivity index (χ2n) is 2.91. The Bertz CT molecular complexity index is 776. The number of aromatic nitrogens is 3. The lowest BCUT2D eigenvalue weighted by atomic mass is 10.3. The predicted octanol–water partition coefficient (Wildman–Crippen LogP) is -0.461. The maximum absolute atomic E-state index is 11.3. The minimum absolute atomic E-state index is 0.00202. The van der Waals surface area contributed by atoms with E-state index in [4.69, 9.17) is 10.7 Å². The SMILES string of the molecule is O=c1[nH]c(=O)c2cc(S(=O)(=O)Cl)cnc2[nH]1. The number of nitrogens with zero attached hydrogens (tertiary/aromatic N) is 1. The zero-order chi connectivity index (χ0) is 11.9. The van der Waals surface area contributed by atoms with Gasteiger partial charge in [0.25, 0.3) is 14.6 Å². The van der Waals surface area contributed by atoms with Crippen LogP contribution in [0.1, 0.15) is 0 Å². The maximum atomic E-state index is 11.3. The summed E-state index contributed by atoms with van der Waals surface area (Å²) in [5.41, 5.74) is -1.45. The second kappa shape index (κ2) is 3.42. The fraction of sp³-hybridized carbons (Fsp3) is 0. The highest BCUT2D eigenvalue weighted by Gasteiger charge is 2.12. The van der Waals surface area contributed by atoms with Crippen LogP contribution in [0, 0.1) is 0 Å². The van der Waals surface area contributed by atoms with Crippen LogP contribution < -0.4 is 11.2 Å². The largest absolute Gasteiger partial charge is 0.327 e. The molecule has 84 valence electrons. The summed E-state index contributed by atoms with van der Waals surface area (Å²) in [5, 5.41) is -0.0543. The highest BCUT2D eigenvalue weighted by molar-refractivity contribution is 8.13. The van der Waals surface area contributed by atoms with E-state index in [-0.39, 0.29) is 15.9 Å². The average Bonchev–Trinajstić information content (AvgIpc) is 2.15. The molecule has 2 rings (SSSR count). The van der Waals surface area contributed by atoms with Gasteiger partial charge in [-0.3, -0.25) is 14.8 Å². The Morgan fingerprint density at radius 2 is 1.94 bits per heavy atom. The van der Waals surface area contributed by atoms with Crippen molar-refractivity contribution >= 4 is 30.8 Å². The van der Waals surface area contributed by atoms with Crippen LogP contribution in [-0.4, -0.2) is 23.4 Å². The molecule has 16 heavy (non-hydrogen) atoms. The predicted molar refractivity (Wildman–Crippen MR) is 56.0 cm³/mol. The Hall–Kier alpha value is -1.67. The minimum Gasteiger partial charge on any atom is -0.291 e. The normalized spacial score (nSPS) is 11.8. The van der Waals surface area contributed by atoms with E-state index < -0.39 is 20.3 Å². The van der Waals surface area contributed by atoms with Crippen LogP contribution in [0.25, 0.3) is 11.0 Å². The van der Waals surface area contributed by atoms with Gasteiger partial charge >= 0.3 is 5.69 Å². The summed E-state index contributed by atoms with van der Waals surface area (Å²) in [6, 6.07) is 1.04. The van der Waals surface area contributed by atoms with Crippen molar-refractivity contribution in [1.82, 2.24) is 15.0 Å². The Morgan fingerprint density at radius 1 is 1.25 bits per heavy atom. The Morgan fingerprint density at radius 3 is 2.56 bits per heavy atom. The highest BCUT2D eigenvalue weighted by atomic mass is 35.7. The molecule has 2 aromatic rings. The van der Waals surface area contributed by atoms with Crippen LogP contribution in [0.4, 0.5) is 0 Å². The molecule has 0 aliphatic rings. The highest BCUT2D eigenvalue weighted by Crippen LogP contribution is 2.15. The van der Waals surface area contributed by atoms with Crippen molar-refractivity contribution in [2.45, 2.75) is 4.90 Å². The number of hydrogen-bond acceptors (Lipinski definition) is 5. The third-order valence-corrected chi connectivity index (χ3v) is 3.17. The van der Waals surface area contributed by atoms with Crippen molar-refractivity contribution < 1.29 is 8.42 Å². The number of hydrogen-bond donors (Lipinski definition) is 2. The number of halogens is 1. The molecule has 2 aromatic heterocycles. The molecule has 0 atom stereocenters. The Labute approximate surface area is 92.5 Å². The molecule has 2 heterocycles. The molecule has 0 amide bonds. The van der Waals surface area contributed by atoms with Gasteiger partial charge in [0.2, 0.25) is 0 Å². The summed E-state index contributed by atoms with van der Waals surface area (Å²) in [7, 11) is 1.13. The summed E-state index contributed by atoms with van der Waals surface area (Å²) in [6.07, 6.45) is 0.958. The van der Waals surface area contributed by atoms with E-state index >= 15 is 0 Å². The van der Waals surface area contributed by atoms with Gasteiger partial charge in [0, 0.05) is 16.9 Å². The number of pyridine rings is 1. The van der Waals surface area contributed by atoms with Crippen molar-refractivity contribution in [3.63, 3.8) is 0 Å². The first-order valence-corrected chi connectivity index (χ1v) is 6.26. The van der Waals surface area contributed by atoms with Crippen molar-refractivity contribution in [3.05, 3.63) is 33.1 Å². The zero-order valence-electron chi connectivity index (χ0n) is 7.52. The molecular weight excluding hydrogens is 258 g/mol. The second-order valence-corrected chi connectivity index (χ2v) is 5.48. The van der Waals surface area contributed by atoms with Gasteiger partial charge in [-0.25, -0.2) is 18.2 Å². The van der Waals surface area contributed by atoms with Crippen LogP contribution >= 0.6 is 10.7 Å². The molecule has 2 N–H and O–H groups in total. The maximum Gasteiger partial charge on any atom is 0.327 e. The summed E-state index contributed by atoms with van der Waals surface area (Å²) >= 11 is 0. The summed E-state index contributed by atoms with van der Waals surface area (Å²) in [4.78, 5) is 29.7. The third kappa shape index (κ3) is 1.84. The van der Waals surface area contributed by atoms with Crippen LogP contribution in [0.2, 0.25) is 0 Å². The molecule has 0 saturated carbocycles. The number of rotatable bonds is 1. The lowest BCUT2D eigenvalue weighted by molar-refractivity contribution is 0.609. The van der Waals surface area contributed by atoms with Crippen molar-refractivity contribution in [1.29, 1.82) is 0 Å². The molecular formula is C7H4ClN3O4S. The lowest BCUT2D eigenvalue weighted by Gasteiger charge is -1.97. The first-order chi connectivity index (χ1) is 7.38. The average molecular weight is 262 g/mol. The van der Waals surface area contributed by atoms with Crippen molar-refractivity contribution in [3.8, 4) is 0 Å². The third-order valence-electron chi connectivity index (χ3n) is 1.85. The molecule has 0 spiro atoms. The van der Waals surface area contributed by atoms with Gasteiger partial charge in [-0.2, -0.15) is 0 Å². The van der Waals surface area contributed by atoms with Crippen LogP contribution in [0.5, 0.6) is 0 Å². The van der Waals surface area contributed by atoms with Crippen LogP contribution in [0.3, 0.4) is 0 Å². The quantitative estimate of drug-likeness (QED) is 0.675. The molecule has 0 bridgehead atoms. The molecule has 9 heteroatoms. The van der Waals surface area contributed by atoms with Crippen LogP contribution in [-0.2, 0) is 9.05 Å². The Kier molecular flexibility index (Phi) is 2.32. The van der Waals surface area contributed by atoms with Crippen LogP contribution in [0.15, 0.2) is 26.7 Å². The number of nitrogens with one attached hydrogen (secondary N) is 2. The molecule has 0 unspecified atom stereocenters. The van der Waals surface area contributed by atoms with Crippen molar-refractivity contribution in [2.24, 2.45) is 0 Å². The summed E-state index contributed by atoms with van der Waals surface area (Å²) in [5.74, 6) is 0.